The number of hydrogen-bond acceptors (Lipinski definition) is 9. The van der Waals surface area contributed by atoms with Gasteiger partial charge >= 0.3 is 30.7 Å². The van der Waals surface area contributed by atoms with Crippen molar-refractivity contribution in [2.75, 3.05) is 41.3 Å². The number of carbonyl (C=O) groups excluding carboxylic acids is 1. The van der Waals surface area contributed by atoms with Gasteiger partial charge < -0.3 is 36.2 Å². The van der Waals surface area contributed by atoms with Crippen LogP contribution in [-0.2, 0) is 34.8 Å². The van der Waals surface area contributed by atoms with Crippen LogP contribution in [-0.4, -0.2) is 113 Å². The zero-order chi connectivity index (χ0) is 56.8. The molecule has 11 nitrogen and oxygen atoms in total. The number of pyridine rings is 2. The summed E-state index contributed by atoms with van der Waals surface area (Å²) < 4.78 is 157. The van der Waals surface area contributed by atoms with Crippen molar-refractivity contribution in [3.05, 3.63) is 117 Å². The highest BCUT2D eigenvalue weighted by Gasteiger charge is 2.68. The number of carboxylic acids is 1. The van der Waals surface area contributed by atoms with Gasteiger partial charge in [-0.15, -0.1) is 0 Å². The van der Waals surface area contributed by atoms with Gasteiger partial charge in [-0.2, -0.15) is 52.7 Å². The van der Waals surface area contributed by atoms with Gasteiger partial charge in [0.2, 0.25) is 5.91 Å². The quantitative estimate of drug-likeness (QED) is 0.0643. The van der Waals surface area contributed by atoms with Crippen molar-refractivity contribution in [2.24, 2.45) is 16.6 Å². The van der Waals surface area contributed by atoms with Crippen LogP contribution in [0.1, 0.15) is 106 Å². The molecule has 0 saturated heterocycles. The maximum absolute atomic E-state index is 14.0. The Kier molecular flexibility index (Phi) is 19.9. The molecule has 23 heteroatoms. The first-order chi connectivity index (χ1) is 34.5. The van der Waals surface area contributed by atoms with Crippen molar-refractivity contribution in [1.82, 2.24) is 25.1 Å². The predicted octanol–water partition coefficient (Wildman–Crippen LogP) is 11.0. The zero-order valence-electron chi connectivity index (χ0n) is 42.7. The molecule has 2 aliphatic carbocycles. The fourth-order valence-corrected chi connectivity index (χ4v) is 9.39. The van der Waals surface area contributed by atoms with Gasteiger partial charge in [0.25, 0.3) is 0 Å². The zero-order valence-corrected chi connectivity index (χ0v) is 42.7. The van der Waals surface area contributed by atoms with Gasteiger partial charge in [0.05, 0.1) is 17.3 Å². The van der Waals surface area contributed by atoms with Crippen LogP contribution >= 0.6 is 0 Å². The number of benzene rings is 2. The molecule has 2 saturated carbocycles. The van der Waals surface area contributed by atoms with Crippen molar-refractivity contribution in [1.29, 1.82) is 0 Å². The van der Waals surface area contributed by atoms with Crippen LogP contribution in [0, 0.1) is 38.5 Å². The monoisotopic (exact) mass is 1080 g/mol. The lowest BCUT2D eigenvalue weighted by atomic mass is 9.80. The number of amides is 1. The molecule has 0 bridgehead atoms. The molecule has 75 heavy (non-hydrogen) atoms. The van der Waals surface area contributed by atoms with Crippen LogP contribution in [0.25, 0.3) is 0 Å². The van der Waals surface area contributed by atoms with Crippen molar-refractivity contribution in [3.8, 4) is 11.5 Å². The Bertz CT molecular complexity index is 2510. The van der Waals surface area contributed by atoms with E-state index in [1.165, 1.54) is 5.56 Å². The molecule has 4 atom stereocenters. The number of nitrogens with one attached hydrogen (secondary N) is 1. The molecule has 2 fully saturated rings. The summed E-state index contributed by atoms with van der Waals surface area (Å²) in [6.45, 7) is 8.59. The van der Waals surface area contributed by atoms with Gasteiger partial charge in [-0.05, 0) is 175 Å². The standard InChI is InChI=1S/C26H31F6N3O2.C13H11F6NO2.C13H22N2O/c1-15-9-19(36)10-16(2)20(15)11-18(35(3)4)14-34-23(37)12-21(24(7-8-24)26(30,31)32)17-5-6-22(33-13-17)25(27,28)29;14-12(15,16)9-2-1-7(6-20-9)8(5-10(21)22)11(3-4-11)13(17,18)19;1-9-5-12(16)6-10(2)13(9)7-11(8-14)15(3)4/h5-6,9-10,13,18,21,36H,7-8,11-12,14H2,1-4H3,(H,34,37);1-2,6,8H,3-5H2,(H,21,22);5-6,11,16H,7-8,14H2,1-4H3/t18-,21?;;11-/m0.0/s1. The van der Waals surface area contributed by atoms with Gasteiger partial charge in [-0.25, -0.2) is 0 Å². The molecule has 1 amide bonds. The second-order valence-electron chi connectivity index (χ2n) is 20.0. The van der Waals surface area contributed by atoms with Crippen molar-refractivity contribution in [3.63, 3.8) is 0 Å². The molecule has 6 rings (SSSR count). The summed E-state index contributed by atoms with van der Waals surface area (Å²) in [6.07, 6.45) is -17.9. The average Bonchev–Trinajstić information content (AvgIpc) is 4.22. The second kappa shape index (κ2) is 24.1. The number of nitrogens with two attached hydrogens (primary N) is 1. The number of hydrogen-bond donors (Lipinski definition) is 5. The van der Waals surface area contributed by atoms with E-state index in [-0.39, 0.29) is 55.1 Å². The first-order valence-electron chi connectivity index (χ1n) is 23.8. The van der Waals surface area contributed by atoms with Gasteiger partial charge in [-0.3, -0.25) is 19.6 Å². The van der Waals surface area contributed by atoms with Crippen LogP contribution in [0.3, 0.4) is 0 Å². The van der Waals surface area contributed by atoms with E-state index in [1.807, 2.05) is 72.9 Å². The minimum Gasteiger partial charge on any atom is -0.508 e. The Morgan fingerprint density at radius 3 is 1.23 bits per heavy atom. The summed E-state index contributed by atoms with van der Waals surface area (Å²) in [4.78, 5) is 34.2. The minimum atomic E-state index is -4.72. The van der Waals surface area contributed by atoms with Gasteiger partial charge in [0, 0.05) is 55.8 Å². The number of aromatic hydroxyl groups is 2. The Labute approximate surface area is 427 Å². The van der Waals surface area contributed by atoms with E-state index >= 15 is 0 Å². The van der Waals surface area contributed by atoms with E-state index < -0.39 is 83.5 Å². The number of aryl methyl sites for hydroxylation is 4. The number of rotatable bonds is 17. The summed E-state index contributed by atoms with van der Waals surface area (Å²) in [5.74, 6) is -4.36. The molecular weight excluding hydrogens is 1020 g/mol. The van der Waals surface area contributed by atoms with Crippen LogP contribution in [0.5, 0.6) is 11.5 Å². The molecule has 0 radical (unpaired) electrons. The lowest BCUT2D eigenvalue weighted by molar-refractivity contribution is -0.196. The van der Waals surface area contributed by atoms with Gasteiger partial charge in [0.15, 0.2) is 0 Å². The predicted molar refractivity (Wildman–Crippen MR) is 256 cm³/mol. The maximum atomic E-state index is 14.0. The van der Waals surface area contributed by atoms with Crippen molar-refractivity contribution in [2.45, 2.75) is 128 Å². The summed E-state index contributed by atoms with van der Waals surface area (Å²) in [5, 5.41) is 30.8. The topological polar surface area (TPSA) is 165 Å². The normalized spacial score (nSPS) is 16.7. The molecule has 2 aromatic heterocycles. The highest BCUT2D eigenvalue weighted by atomic mass is 19.4. The van der Waals surface area contributed by atoms with E-state index in [9.17, 15) is 72.5 Å². The first kappa shape index (κ1) is 61.9. The molecule has 2 aliphatic rings. The largest absolute Gasteiger partial charge is 0.508 e. The third kappa shape index (κ3) is 15.9. The third-order valence-corrected chi connectivity index (χ3v) is 14.3. The smallest absolute Gasteiger partial charge is 0.433 e. The number of nitrogens with zero attached hydrogens (tertiary/aromatic N) is 4. The molecule has 2 heterocycles. The van der Waals surface area contributed by atoms with Gasteiger partial charge in [0.1, 0.15) is 22.9 Å². The summed E-state index contributed by atoms with van der Waals surface area (Å²) in [6, 6.07) is 10.1. The molecule has 0 spiro atoms. The average molecular weight is 1080 g/mol. The Hall–Kier alpha value is -5.68. The Balaban J connectivity index is 0.000000270. The number of halogens is 12. The third-order valence-electron chi connectivity index (χ3n) is 14.3. The molecule has 2 aromatic carbocycles. The number of carboxylic acid groups (broad SMARTS) is 1. The molecule has 4 aromatic rings. The molecule has 0 aliphatic heterocycles. The highest BCUT2D eigenvalue weighted by Crippen LogP contribution is 2.67. The number of phenols is 2. The van der Waals surface area contributed by atoms with Crippen molar-refractivity contribution < 1.29 is 77.6 Å². The Morgan fingerprint density at radius 2 is 0.960 bits per heavy atom. The lowest BCUT2D eigenvalue weighted by Gasteiger charge is -2.30. The number of aromatic nitrogens is 2. The van der Waals surface area contributed by atoms with Crippen LogP contribution < -0.4 is 11.1 Å². The number of aliphatic carboxylic acids is 1. The molecule has 2 unspecified atom stereocenters. The molecular formula is C52H64F12N6O5. The van der Waals surface area contributed by atoms with Crippen LogP contribution in [0.2, 0.25) is 0 Å². The van der Waals surface area contributed by atoms with E-state index in [4.69, 9.17) is 10.8 Å². The fraction of sp³-hybridized carbons (Fsp3) is 0.538. The summed E-state index contributed by atoms with van der Waals surface area (Å²) >= 11 is 0. The van der Waals surface area contributed by atoms with Crippen LogP contribution in [0.4, 0.5) is 52.7 Å². The van der Waals surface area contributed by atoms with E-state index in [1.54, 1.807) is 12.1 Å². The summed E-state index contributed by atoms with van der Waals surface area (Å²) in [5.41, 5.74) is 5.11. The SMILES string of the molecule is Cc1cc(O)cc(C)c1C[C@@H](CN)N(C)C.Cc1cc(O)cc(C)c1C[C@@H](CNC(=O)CC(c1ccc(C(F)(F)F)nc1)C1(C(F)(F)F)CC1)N(C)C.O=C(O)CC(c1ccc(C(F)(F)F)nc1)C1(C(F)(F)F)CC1. The Morgan fingerprint density at radius 1 is 0.613 bits per heavy atom. The van der Waals surface area contributed by atoms with Gasteiger partial charge in [-0.1, -0.05) is 12.1 Å². The van der Waals surface area contributed by atoms with E-state index in [0.29, 0.717) is 43.1 Å². The van der Waals surface area contributed by atoms with Crippen molar-refractivity contribution >= 4 is 11.9 Å². The number of alkyl halides is 12. The number of phenolic OH excluding ortho intramolecular Hbond substituents is 2. The first-order valence-corrected chi connectivity index (χ1v) is 23.8. The minimum absolute atomic E-state index is 0.0440. The number of likely N-dealkylation sites (N-methyl/N-ethyl adjacent to an activating group) is 2. The fourth-order valence-electron chi connectivity index (χ4n) is 9.39. The number of carbonyl (C=O) groups is 2. The van der Waals surface area contributed by atoms with E-state index in [0.717, 1.165) is 52.6 Å². The molecule has 416 valence electrons. The summed E-state index contributed by atoms with van der Waals surface area (Å²) in [7, 11) is 7.73. The lowest BCUT2D eigenvalue weighted by Crippen LogP contribution is -2.43. The maximum Gasteiger partial charge on any atom is 0.433 e. The van der Waals surface area contributed by atoms with Crippen LogP contribution in [0.15, 0.2) is 60.9 Å². The second-order valence-corrected chi connectivity index (χ2v) is 20.0. The van der Waals surface area contributed by atoms with E-state index in [2.05, 4.69) is 20.2 Å². The highest BCUT2D eigenvalue weighted by molar-refractivity contribution is 5.77. The molecule has 6 N–H and O–H groups in total.